The number of rotatable bonds is 5. The third kappa shape index (κ3) is 2.56. The summed E-state index contributed by atoms with van der Waals surface area (Å²) in [7, 11) is 0. The number of ketones is 1. The zero-order chi connectivity index (χ0) is 10.6. The molecule has 0 aliphatic carbocycles. The fourth-order valence-electron chi connectivity index (χ4n) is 0.992. The second kappa shape index (κ2) is 4.76. The summed E-state index contributed by atoms with van der Waals surface area (Å²) in [6.07, 6.45) is 1.57. The van der Waals surface area contributed by atoms with E-state index in [-0.39, 0.29) is 30.3 Å². The molecule has 0 aliphatic heterocycles. The molecule has 1 aromatic heterocycles. The van der Waals surface area contributed by atoms with Crippen LogP contribution in [0.25, 0.3) is 0 Å². The Morgan fingerprint density at radius 2 is 2.29 bits per heavy atom. The molecule has 0 radical (unpaired) electrons. The van der Waals surface area contributed by atoms with Crippen molar-refractivity contribution >= 4 is 23.4 Å². The molecule has 0 saturated carbocycles. The van der Waals surface area contributed by atoms with E-state index in [4.69, 9.17) is 16.7 Å². The Labute approximate surface area is 85.3 Å². The number of alkyl halides is 1. The van der Waals surface area contributed by atoms with Crippen molar-refractivity contribution in [2.75, 3.05) is 5.88 Å². The van der Waals surface area contributed by atoms with Gasteiger partial charge in [0.25, 0.3) is 0 Å². The van der Waals surface area contributed by atoms with Crippen LogP contribution in [0.4, 0.5) is 0 Å². The molecule has 14 heavy (non-hydrogen) atoms. The van der Waals surface area contributed by atoms with E-state index in [0.717, 1.165) is 4.68 Å². The van der Waals surface area contributed by atoms with Gasteiger partial charge in [0.05, 0.1) is 0 Å². The van der Waals surface area contributed by atoms with Gasteiger partial charge in [0, 0.05) is 18.5 Å². The van der Waals surface area contributed by atoms with Crippen LogP contribution in [0, 0.1) is 0 Å². The van der Waals surface area contributed by atoms with Gasteiger partial charge in [-0.15, -0.1) is 11.6 Å². The summed E-state index contributed by atoms with van der Waals surface area (Å²) in [5.74, 6) is -0.991. The molecule has 0 aliphatic rings. The number of carboxylic acids is 1. The summed E-state index contributed by atoms with van der Waals surface area (Å²) in [5.41, 5.74) is 0.00734. The van der Waals surface area contributed by atoms with E-state index in [2.05, 4.69) is 5.10 Å². The molecule has 5 nitrogen and oxygen atoms in total. The van der Waals surface area contributed by atoms with Crippen molar-refractivity contribution < 1.29 is 14.7 Å². The Morgan fingerprint density at radius 3 is 2.86 bits per heavy atom. The number of carbonyl (C=O) groups excluding carboxylic acids is 1. The maximum absolute atomic E-state index is 11.1. The number of carboxylic acid groups (broad SMARTS) is 1. The van der Waals surface area contributed by atoms with Crippen LogP contribution in [-0.4, -0.2) is 32.5 Å². The molecule has 1 N–H and O–H groups in total. The van der Waals surface area contributed by atoms with Crippen LogP contribution in [0.1, 0.15) is 16.9 Å². The minimum atomic E-state index is -1.10. The van der Waals surface area contributed by atoms with E-state index >= 15 is 0 Å². The van der Waals surface area contributed by atoms with Crippen LogP contribution in [0.3, 0.4) is 0 Å². The number of carbonyl (C=O) groups is 2. The quantitative estimate of drug-likeness (QED) is 0.739. The highest BCUT2D eigenvalue weighted by atomic mass is 35.5. The molecule has 0 bridgehead atoms. The van der Waals surface area contributed by atoms with Crippen molar-refractivity contribution in [1.29, 1.82) is 0 Å². The summed E-state index contributed by atoms with van der Waals surface area (Å²) in [5, 5.41) is 12.4. The molecule has 0 aromatic carbocycles. The van der Waals surface area contributed by atoms with Crippen LogP contribution < -0.4 is 0 Å². The van der Waals surface area contributed by atoms with Crippen molar-refractivity contribution in [2.45, 2.75) is 13.0 Å². The molecular weight excluding hydrogens is 208 g/mol. The Balaban J connectivity index is 2.71. The van der Waals surface area contributed by atoms with Gasteiger partial charge in [-0.1, -0.05) is 0 Å². The van der Waals surface area contributed by atoms with Gasteiger partial charge in [-0.05, 0) is 6.07 Å². The first-order chi connectivity index (χ1) is 6.65. The SMILES string of the molecule is O=C(CCCl)Cn1nccc1C(=O)O. The molecule has 0 spiro atoms. The van der Waals surface area contributed by atoms with E-state index in [1.165, 1.54) is 12.3 Å². The normalized spacial score (nSPS) is 10.1. The molecule has 0 amide bonds. The molecular formula is C8H9ClN2O3. The monoisotopic (exact) mass is 216 g/mol. The lowest BCUT2D eigenvalue weighted by molar-refractivity contribution is -0.119. The summed E-state index contributed by atoms with van der Waals surface area (Å²) < 4.78 is 1.15. The number of aromatic nitrogens is 2. The molecule has 1 rings (SSSR count). The lowest BCUT2D eigenvalue weighted by Gasteiger charge is -2.01. The number of hydrogen-bond donors (Lipinski definition) is 1. The molecule has 1 aromatic rings. The summed E-state index contributed by atoms with van der Waals surface area (Å²) in [4.78, 5) is 21.8. The van der Waals surface area contributed by atoms with Gasteiger partial charge in [0.1, 0.15) is 12.2 Å². The zero-order valence-electron chi connectivity index (χ0n) is 7.31. The molecule has 0 atom stereocenters. The average molecular weight is 217 g/mol. The van der Waals surface area contributed by atoms with Gasteiger partial charge >= 0.3 is 5.97 Å². The summed E-state index contributed by atoms with van der Waals surface area (Å²) in [6.45, 7) is -0.0403. The molecule has 1 heterocycles. The highest BCUT2D eigenvalue weighted by Crippen LogP contribution is 2.00. The minimum Gasteiger partial charge on any atom is -0.477 e. The fourth-order valence-corrected chi connectivity index (χ4v) is 1.20. The smallest absolute Gasteiger partial charge is 0.354 e. The van der Waals surface area contributed by atoms with Gasteiger partial charge in [-0.25, -0.2) is 4.79 Å². The van der Waals surface area contributed by atoms with Crippen LogP contribution in [0.15, 0.2) is 12.3 Å². The maximum atomic E-state index is 11.1. The lowest BCUT2D eigenvalue weighted by Crippen LogP contribution is -2.16. The molecule has 0 saturated heterocycles. The highest BCUT2D eigenvalue weighted by Gasteiger charge is 2.12. The van der Waals surface area contributed by atoms with Crippen molar-refractivity contribution in [3.05, 3.63) is 18.0 Å². The van der Waals surface area contributed by atoms with E-state index in [9.17, 15) is 9.59 Å². The van der Waals surface area contributed by atoms with Crippen LogP contribution in [0.2, 0.25) is 0 Å². The second-order valence-corrected chi connectivity index (χ2v) is 3.03. The summed E-state index contributed by atoms with van der Waals surface area (Å²) in [6, 6.07) is 1.34. The second-order valence-electron chi connectivity index (χ2n) is 2.66. The Morgan fingerprint density at radius 1 is 1.57 bits per heavy atom. The van der Waals surface area contributed by atoms with E-state index in [1.807, 2.05) is 0 Å². The Kier molecular flexibility index (Phi) is 3.64. The first-order valence-electron chi connectivity index (χ1n) is 3.98. The number of nitrogens with zero attached hydrogens (tertiary/aromatic N) is 2. The van der Waals surface area contributed by atoms with Crippen molar-refractivity contribution in [1.82, 2.24) is 9.78 Å². The molecule has 0 fully saturated rings. The topological polar surface area (TPSA) is 72.2 Å². The van der Waals surface area contributed by atoms with Gasteiger partial charge in [0.2, 0.25) is 0 Å². The minimum absolute atomic E-state index is 0.00734. The largest absolute Gasteiger partial charge is 0.477 e. The van der Waals surface area contributed by atoms with Gasteiger partial charge in [0.15, 0.2) is 5.78 Å². The van der Waals surface area contributed by atoms with Crippen molar-refractivity contribution in [3.8, 4) is 0 Å². The van der Waals surface area contributed by atoms with Gasteiger partial charge in [-0.3, -0.25) is 9.48 Å². The van der Waals surface area contributed by atoms with Crippen LogP contribution in [-0.2, 0) is 11.3 Å². The Hall–Kier alpha value is -1.36. The third-order valence-corrected chi connectivity index (χ3v) is 1.82. The summed E-state index contributed by atoms with van der Waals surface area (Å²) >= 11 is 5.37. The zero-order valence-corrected chi connectivity index (χ0v) is 8.07. The van der Waals surface area contributed by atoms with E-state index in [0.29, 0.717) is 0 Å². The molecule has 6 heteroatoms. The van der Waals surface area contributed by atoms with E-state index < -0.39 is 5.97 Å². The first-order valence-corrected chi connectivity index (χ1v) is 4.51. The number of halogens is 1. The molecule has 76 valence electrons. The average Bonchev–Trinajstić information content (AvgIpc) is 2.52. The Bertz CT molecular complexity index is 348. The third-order valence-electron chi connectivity index (χ3n) is 1.64. The maximum Gasteiger partial charge on any atom is 0.354 e. The van der Waals surface area contributed by atoms with Crippen molar-refractivity contribution in [3.63, 3.8) is 0 Å². The predicted molar refractivity (Wildman–Crippen MR) is 49.5 cm³/mol. The standard InChI is InChI=1S/C8H9ClN2O3/c9-3-1-6(12)5-11-7(8(13)14)2-4-10-11/h2,4H,1,3,5H2,(H,13,14). The molecule has 0 unspecified atom stereocenters. The number of aromatic carboxylic acids is 1. The van der Waals surface area contributed by atoms with Gasteiger partial charge < -0.3 is 5.11 Å². The number of Topliss-reactive ketones (excluding diaryl/α,β-unsaturated/α-hetero) is 1. The van der Waals surface area contributed by atoms with E-state index in [1.54, 1.807) is 0 Å². The van der Waals surface area contributed by atoms with Crippen LogP contribution >= 0.6 is 11.6 Å². The fraction of sp³-hybridized carbons (Fsp3) is 0.375. The van der Waals surface area contributed by atoms with Crippen LogP contribution in [0.5, 0.6) is 0 Å². The van der Waals surface area contributed by atoms with Crippen molar-refractivity contribution in [2.24, 2.45) is 0 Å². The first kappa shape index (κ1) is 10.7. The lowest BCUT2D eigenvalue weighted by atomic mass is 10.3. The highest BCUT2D eigenvalue weighted by molar-refractivity contribution is 6.19. The predicted octanol–water partition coefficient (Wildman–Crippen LogP) is 0.779. The number of hydrogen-bond acceptors (Lipinski definition) is 3. The van der Waals surface area contributed by atoms with Gasteiger partial charge in [-0.2, -0.15) is 5.10 Å².